The molecule has 1 aliphatic carbocycles. The van der Waals surface area contributed by atoms with Crippen LogP contribution in [0.3, 0.4) is 0 Å². The maximum atomic E-state index is 12.3. The van der Waals surface area contributed by atoms with Gasteiger partial charge in [0.1, 0.15) is 5.01 Å². The number of hydrogen-bond acceptors (Lipinski definition) is 5. The summed E-state index contributed by atoms with van der Waals surface area (Å²) in [6.07, 6.45) is 9.86. The molecule has 0 aromatic carbocycles. The van der Waals surface area contributed by atoms with Crippen molar-refractivity contribution < 1.29 is 4.79 Å². The molecule has 23 heavy (non-hydrogen) atoms. The van der Waals surface area contributed by atoms with Gasteiger partial charge in [-0.2, -0.15) is 0 Å². The lowest BCUT2D eigenvalue weighted by atomic mass is 9.99. The number of imidazole rings is 1. The molecular formula is C15H17N5OS2. The molecule has 0 spiro atoms. The molecule has 1 fully saturated rings. The highest BCUT2D eigenvalue weighted by Crippen LogP contribution is 2.39. The van der Waals surface area contributed by atoms with E-state index >= 15 is 0 Å². The highest BCUT2D eigenvalue weighted by Gasteiger charge is 2.39. The van der Waals surface area contributed by atoms with Crippen molar-refractivity contribution in [3.8, 4) is 0 Å². The summed E-state index contributed by atoms with van der Waals surface area (Å²) in [6, 6.07) is -0.154. The maximum absolute atomic E-state index is 12.3. The van der Waals surface area contributed by atoms with Crippen molar-refractivity contribution in [2.24, 2.45) is 0 Å². The van der Waals surface area contributed by atoms with Crippen LogP contribution in [-0.2, 0) is 12.1 Å². The number of nitrogens with one attached hydrogen (secondary N) is 2. The molecule has 2 amide bonds. The molecule has 1 aliphatic rings. The van der Waals surface area contributed by atoms with Crippen molar-refractivity contribution >= 4 is 33.7 Å². The Labute approximate surface area is 141 Å². The summed E-state index contributed by atoms with van der Waals surface area (Å²) in [5, 5.41) is 11.0. The minimum absolute atomic E-state index is 0.154. The van der Waals surface area contributed by atoms with Gasteiger partial charge in [-0.05, 0) is 12.8 Å². The number of rotatable bonds is 4. The van der Waals surface area contributed by atoms with Gasteiger partial charge in [0.2, 0.25) is 0 Å². The minimum atomic E-state index is -0.299. The second kappa shape index (κ2) is 5.93. The van der Waals surface area contributed by atoms with Crippen LogP contribution < -0.4 is 10.6 Å². The molecule has 0 atom stereocenters. The molecule has 8 heteroatoms. The van der Waals surface area contributed by atoms with Gasteiger partial charge < -0.3 is 10.6 Å². The number of amides is 2. The molecule has 4 rings (SSSR count). The second-order valence-electron chi connectivity index (χ2n) is 5.76. The Morgan fingerprint density at radius 2 is 2.17 bits per heavy atom. The van der Waals surface area contributed by atoms with Gasteiger partial charge in [-0.25, -0.2) is 14.8 Å². The largest absolute Gasteiger partial charge is 0.332 e. The molecule has 2 N–H and O–H groups in total. The van der Waals surface area contributed by atoms with Crippen LogP contribution in [0.1, 0.15) is 36.4 Å². The van der Waals surface area contributed by atoms with E-state index in [1.54, 1.807) is 28.9 Å². The number of aromatic nitrogens is 3. The van der Waals surface area contributed by atoms with Crippen LogP contribution in [0, 0.1) is 0 Å². The smallest absolute Gasteiger partial charge is 0.315 e. The van der Waals surface area contributed by atoms with E-state index in [-0.39, 0.29) is 11.6 Å². The monoisotopic (exact) mass is 347 g/mol. The predicted octanol–water partition coefficient (Wildman–Crippen LogP) is 3.12. The quantitative estimate of drug-likeness (QED) is 0.762. The third-order valence-electron chi connectivity index (χ3n) is 4.22. The Morgan fingerprint density at radius 1 is 1.30 bits per heavy atom. The van der Waals surface area contributed by atoms with Crippen LogP contribution in [-0.4, -0.2) is 20.4 Å². The standard InChI is InChI=1S/C15H17N5OS2/c21-13(17-9-11-10-20-6-8-23-14(20)18-11)19-15(3-1-2-4-15)12-16-5-7-22-12/h5-8,10H,1-4,9H2,(H2,17,19,21). The Morgan fingerprint density at radius 3 is 2.91 bits per heavy atom. The fraction of sp³-hybridized carbons (Fsp3) is 0.400. The zero-order valence-corrected chi connectivity index (χ0v) is 14.1. The molecule has 0 saturated heterocycles. The first-order valence-corrected chi connectivity index (χ1v) is 9.38. The fourth-order valence-corrected chi connectivity index (χ4v) is 4.70. The van der Waals surface area contributed by atoms with Gasteiger partial charge in [0.25, 0.3) is 0 Å². The number of hydrogen-bond donors (Lipinski definition) is 2. The Kier molecular flexibility index (Phi) is 3.78. The number of thiazole rings is 2. The molecule has 0 unspecified atom stereocenters. The summed E-state index contributed by atoms with van der Waals surface area (Å²) < 4.78 is 1.97. The van der Waals surface area contributed by atoms with Gasteiger partial charge in [-0.3, -0.25) is 4.40 Å². The summed E-state index contributed by atoms with van der Waals surface area (Å²) in [7, 11) is 0. The number of carbonyl (C=O) groups is 1. The molecular weight excluding hydrogens is 330 g/mol. The molecule has 1 saturated carbocycles. The number of urea groups is 1. The first-order chi connectivity index (χ1) is 11.3. The lowest BCUT2D eigenvalue weighted by Gasteiger charge is -2.28. The first kappa shape index (κ1) is 14.6. The van der Waals surface area contributed by atoms with E-state index in [1.807, 2.05) is 27.6 Å². The molecule has 0 radical (unpaired) electrons. The third kappa shape index (κ3) is 2.84. The highest BCUT2D eigenvalue weighted by molar-refractivity contribution is 7.15. The average Bonchev–Trinajstić information content (AvgIpc) is 3.28. The van der Waals surface area contributed by atoms with Crippen LogP contribution in [0.4, 0.5) is 4.79 Å². The number of fused-ring (bicyclic) bond motifs is 1. The SMILES string of the molecule is O=C(NCc1cn2ccsc2n1)NC1(c2nccs2)CCCC1. The van der Waals surface area contributed by atoms with Crippen molar-refractivity contribution in [3.63, 3.8) is 0 Å². The molecule has 0 bridgehead atoms. The highest BCUT2D eigenvalue weighted by atomic mass is 32.1. The third-order valence-corrected chi connectivity index (χ3v) is 5.97. The molecule has 3 aromatic rings. The number of carbonyl (C=O) groups excluding carboxylic acids is 1. The van der Waals surface area contributed by atoms with Gasteiger partial charge in [0.15, 0.2) is 4.96 Å². The Bertz CT molecular complexity index is 772. The van der Waals surface area contributed by atoms with Crippen LogP contribution >= 0.6 is 22.7 Å². The predicted molar refractivity (Wildman–Crippen MR) is 90.7 cm³/mol. The van der Waals surface area contributed by atoms with Gasteiger partial charge in [-0.15, -0.1) is 22.7 Å². The van der Waals surface area contributed by atoms with Gasteiger partial charge in [-0.1, -0.05) is 12.8 Å². The van der Waals surface area contributed by atoms with Gasteiger partial charge >= 0.3 is 6.03 Å². The Balaban J connectivity index is 1.41. The van der Waals surface area contributed by atoms with Crippen molar-refractivity contribution in [2.45, 2.75) is 37.8 Å². The second-order valence-corrected chi connectivity index (χ2v) is 7.53. The van der Waals surface area contributed by atoms with Crippen molar-refractivity contribution in [3.05, 3.63) is 40.1 Å². The van der Waals surface area contributed by atoms with E-state index in [2.05, 4.69) is 20.6 Å². The summed E-state index contributed by atoms with van der Waals surface area (Å²) in [6.45, 7) is 0.425. The molecule has 3 aromatic heterocycles. The fourth-order valence-electron chi connectivity index (χ4n) is 3.12. The molecule has 120 valence electrons. The average molecular weight is 347 g/mol. The number of nitrogens with zero attached hydrogens (tertiary/aromatic N) is 3. The lowest BCUT2D eigenvalue weighted by molar-refractivity contribution is 0.224. The molecule has 3 heterocycles. The maximum Gasteiger partial charge on any atom is 0.315 e. The van der Waals surface area contributed by atoms with Gasteiger partial charge in [0.05, 0.1) is 17.8 Å². The topological polar surface area (TPSA) is 71.3 Å². The van der Waals surface area contributed by atoms with E-state index in [4.69, 9.17) is 0 Å². The summed E-state index contributed by atoms with van der Waals surface area (Å²) >= 11 is 3.19. The normalized spacial score (nSPS) is 16.7. The minimum Gasteiger partial charge on any atom is -0.332 e. The first-order valence-electron chi connectivity index (χ1n) is 7.62. The van der Waals surface area contributed by atoms with Gasteiger partial charge in [0, 0.05) is 29.4 Å². The summed E-state index contributed by atoms with van der Waals surface area (Å²) in [5.41, 5.74) is 0.564. The van der Waals surface area contributed by atoms with Crippen molar-refractivity contribution in [1.29, 1.82) is 0 Å². The summed E-state index contributed by atoms with van der Waals surface area (Å²) in [4.78, 5) is 22.2. The summed E-state index contributed by atoms with van der Waals surface area (Å²) in [5.74, 6) is 0. The van der Waals surface area contributed by atoms with Crippen LogP contribution in [0.15, 0.2) is 29.4 Å². The zero-order valence-electron chi connectivity index (χ0n) is 12.5. The zero-order chi connectivity index (χ0) is 15.7. The van der Waals surface area contributed by atoms with Crippen LogP contribution in [0.5, 0.6) is 0 Å². The van der Waals surface area contributed by atoms with E-state index in [0.29, 0.717) is 6.54 Å². The van der Waals surface area contributed by atoms with Crippen molar-refractivity contribution in [1.82, 2.24) is 25.0 Å². The van der Waals surface area contributed by atoms with E-state index in [9.17, 15) is 4.79 Å². The molecule has 6 nitrogen and oxygen atoms in total. The van der Waals surface area contributed by atoms with E-state index in [0.717, 1.165) is 41.3 Å². The molecule has 0 aliphatic heterocycles. The van der Waals surface area contributed by atoms with Crippen LogP contribution in [0.2, 0.25) is 0 Å². The van der Waals surface area contributed by atoms with E-state index < -0.39 is 0 Å². The lowest BCUT2D eigenvalue weighted by Crippen LogP contribution is -2.48. The van der Waals surface area contributed by atoms with E-state index in [1.165, 1.54) is 0 Å². The van der Waals surface area contributed by atoms with Crippen molar-refractivity contribution in [2.75, 3.05) is 0 Å². The van der Waals surface area contributed by atoms with Crippen LogP contribution in [0.25, 0.3) is 4.96 Å². The Hall–Kier alpha value is -1.93.